The molecule has 19 heavy (non-hydrogen) atoms. The lowest BCUT2D eigenvalue weighted by atomic mass is 10.2. The molecule has 0 bridgehead atoms. The highest BCUT2D eigenvalue weighted by Crippen LogP contribution is 2.36. The van der Waals surface area contributed by atoms with Crippen LogP contribution in [0.4, 0.5) is 5.00 Å². The number of alkyl halides is 1. The quantitative estimate of drug-likeness (QED) is 0.622. The molecule has 1 unspecified atom stereocenters. The van der Waals surface area contributed by atoms with Gasteiger partial charge in [-0.05, 0) is 30.7 Å². The molecule has 0 N–H and O–H groups in total. The number of halogens is 1. The molecule has 0 aromatic carbocycles. The first-order valence-electron chi connectivity index (χ1n) is 6.20. The summed E-state index contributed by atoms with van der Waals surface area (Å²) in [6, 6.07) is 0. The highest BCUT2D eigenvalue weighted by molar-refractivity contribution is 9.09. The van der Waals surface area contributed by atoms with E-state index in [2.05, 4.69) is 15.9 Å². The average Bonchev–Trinajstić information content (AvgIpc) is 2.92. The molecule has 1 saturated heterocycles. The second-order valence-electron chi connectivity index (χ2n) is 4.55. The fourth-order valence-corrected chi connectivity index (χ4v) is 3.67. The van der Waals surface area contributed by atoms with E-state index in [-0.39, 0.29) is 11.9 Å². The molecule has 1 aliphatic heterocycles. The molecule has 1 aromatic heterocycles. The fraction of sp³-hybridized carbons (Fsp3) is 0.538. The van der Waals surface area contributed by atoms with Gasteiger partial charge in [-0.25, -0.2) is 4.79 Å². The van der Waals surface area contributed by atoms with Crippen LogP contribution in [0.3, 0.4) is 0 Å². The standard InChI is InChI=1S/C13H16BrNO3S/c1-3-18-13(17)11-8(2)7-19-12(11)15-6-9(5-14)4-10(15)16/h7,9H,3-6H2,1-2H3. The Hall–Kier alpha value is -0.880. The monoisotopic (exact) mass is 345 g/mol. The molecule has 1 fully saturated rings. The van der Waals surface area contributed by atoms with E-state index < -0.39 is 0 Å². The van der Waals surface area contributed by atoms with Crippen molar-refractivity contribution >= 4 is 44.1 Å². The number of carbonyl (C=O) groups excluding carboxylic acids is 2. The zero-order valence-electron chi connectivity index (χ0n) is 10.9. The topological polar surface area (TPSA) is 46.6 Å². The van der Waals surface area contributed by atoms with Gasteiger partial charge in [0.2, 0.25) is 5.91 Å². The van der Waals surface area contributed by atoms with Crippen molar-refractivity contribution in [1.29, 1.82) is 0 Å². The fourth-order valence-electron chi connectivity index (χ4n) is 2.16. The summed E-state index contributed by atoms with van der Waals surface area (Å²) in [6.07, 6.45) is 0.532. The Bertz CT molecular complexity index is 500. The molecule has 4 nitrogen and oxygen atoms in total. The molecule has 1 aromatic rings. The van der Waals surface area contributed by atoms with Crippen molar-refractivity contribution in [3.05, 3.63) is 16.5 Å². The van der Waals surface area contributed by atoms with Crippen LogP contribution in [-0.2, 0) is 9.53 Å². The zero-order valence-corrected chi connectivity index (χ0v) is 13.3. The zero-order chi connectivity index (χ0) is 14.0. The van der Waals surface area contributed by atoms with Crippen LogP contribution in [0.1, 0.15) is 29.3 Å². The van der Waals surface area contributed by atoms with Crippen molar-refractivity contribution in [2.75, 3.05) is 23.4 Å². The van der Waals surface area contributed by atoms with Gasteiger partial charge >= 0.3 is 5.97 Å². The third kappa shape index (κ3) is 2.84. The van der Waals surface area contributed by atoms with Gasteiger partial charge in [-0.3, -0.25) is 4.79 Å². The summed E-state index contributed by atoms with van der Waals surface area (Å²) in [5.41, 5.74) is 1.41. The van der Waals surface area contributed by atoms with Gasteiger partial charge in [-0.1, -0.05) is 15.9 Å². The predicted octanol–water partition coefficient (Wildman–Crippen LogP) is 2.98. The van der Waals surface area contributed by atoms with Gasteiger partial charge in [0, 0.05) is 18.3 Å². The Morgan fingerprint density at radius 2 is 2.37 bits per heavy atom. The molecule has 0 saturated carbocycles. The summed E-state index contributed by atoms with van der Waals surface area (Å²) in [5.74, 6) is 0.0492. The van der Waals surface area contributed by atoms with Crippen LogP contribution in [0.5, 0.6) is 0 Å². The highest BCUT2D eigenvalue weighted by Gasteiger charge is 2.34. The van der Waals surface area contributed by atoms with Gasteiger partial charge in [0.15, 0.2) is 0 Å². The Balaban J connectivity index is 2.31. The molecular weight excluding hydrogens is 330 g/mol. The maximum atomic E-state index is 12.0. The first kappa shape index (κ1) is 14.5. The second kappa shape index (κ2) is 6.05. The largest absolute Gasteiger partial charge is 0.462 e. The van der Waals surface area contributed by atoms with E-state index >= 15 is 0 Å². The lowest BCUT2D eigenvalue weighted by molar-refractivity contribution is -0.117. The van der Waals surface area contributed by atoms with Crippen molar-refractivity contribution in [3.63, 3.8) is 0 Å². The van der Waals surface area contributed by atoms with Gasteiger partial charge in [0.25, 0.3) is 0 Å². The normalized spacial score (nSPS) is 19.0. The van der Waals surface area contributed by atoms with Gasteiger partial charge < -0.3 is 9.64 Å². The Labute approximate surface area is 124 Å². The van der Waals surface area contributed by atoms with Gasteiger partial charge in [0.05, 0.1) is 12.2 Å². The van der Waals surface area contributed by atoms with Crippen molar-refractivity contribution < 1.29 is 14.3 Å². The van der Waals surface area contributed by atoms with Crippen LogP contribution in [0.15, 0.2) is 5.38 Å². The molecule has 6 heteroatoms. The summed E-state index contributed by atoms with van der Waals surface area (Å²) in [6.45, 7) is 4.65. The Kier molecular flexibility index (Phi) is 4.62. The molecule has 1 atom stereocenters. The van der Waals surface area contributed by atoms with E-state index in [1.807, 2.05) is 12.3 Å². The minimum absolute atomic E-state index is 0.0804. The number of thiophene rings is 1. The number of anilines is 1. The molecule has 0 aliphatic carbocycles. The number of esters is 1. The minimum atomic E-state index is -0.341. The van der Waals surface area contributed by atoms with Crippen LogP contribution < -0.4 is 4.90 Å². The molecule has 2 heterocycles. The van der Waals surface area contributed by atoms with E-state index in [4.69, 9.17) is 4.74 Å². The van der Waals surface area contributed by atoms with E-state index in [1.54, 1.807) is 11.8 Å². The van der Waals surface area contributed by atoms with Crippen LogP contribution in [0, 0.1) is 12.8 Å². The first-order chi connectivity index (χ1) is 9.08. The maximum absolute atomic E-state index is 12.0. The SMILES string of the molecule is CCOC(=O)c1c(C)csc1N1CC(CBr)CC1=O. The molecule has 1 aliphatic rings. The van der Waals surface area contributed by atoms with Crippen LogP contribution in [0.2, 0.25) is 0 Å². The number of hydrogen-bond donors (Lipinski definition) is 0. The number of nitrogens with zero attached hydrogens (tertiary/aromatic N) is 1. The molecule has 2 rings (SSSR count). The van der Waals surface area contributed by atoms with Gasteiger partial charge in [0.1, 0.15) is 5.00 Å². The number of ether oxygens (including phenoxy) is 1. The molecular formula is C13H16BrNO3S. The number of hydrogen-bond acceptors (Lipinski definition) is 4. The van der Waals surface area contributed by atoms with Crippen molar-refractivity contribution in [1.82, 2.24) is 0 Å². The summed E-state index contributed by atoms with van der Waals surface area (Å²) in [4.78, 5) is 25.8. The highest BCUT2D eigenvalue weighted by atomic mass is 79.9. The Morgan fingerprint density at radius 3 is 2.95 bits per heavy atom. The van der Waals surface area contributed by atoms with Crippen molar-refractivity contribution in [2.24, 2.45) is 5.92 Å². The third-order valence-electron chi connectivity index (χ3n) is 3.10. The third-order valence-corrected chi connectivity index (χ3v) is 5.14. The minimum Gasteiger partial charge on any atom is -0.462 e. The summed E-state index contributed by atoms with van der Waals surface area (Å²) in [7, 11) is 0. The van der Waals surface area contributed by atoms with Crippen LogP contribution in [0.25, 0.3) is 0 Å². The van der Waals surface area contributed by atoms with E-state index in [9.17, 15) is 9.59 Å². The molecule has 0 radical (unpaired) electrons. The van der Waals surface area contributed by atoms with E-state index in [1.165, 1.54) is 11.3 Å². The van der Waals surface area contributed by atoms with E-state index in [0.717, 1.165) is 15.9 Å². The second-order valence-corrected chi connectivity index (χ2v) is 6.05. The Morgan fingerprint density at radius 1 is 1.63 bits per heavy atom. The molecule has 0 spiro atoms. The van der Waals surface area contributed by atoms with Gasteiger partial charge in [-0.2, -0.15) is 0 Å². The number of rotatable bonds is 4. The van der Waals surface area contributed by atoms with Crippen LogP contribution in [-0.4, -0.2) is 30.4 Å². The number of amides is 1. The lowest BCUT2D eigenvalue weighted by Crippen LogP contribution is -2.26. The smallest absolute Gasteiger partial charge is 0.341 e. The average molecular weight is 346 g/mol. The maximum Gasteiger partial charge on any atom is 0.341 e. The number of carbonyl (C=O) groups is 2. The van der Waals surface area contributed by atoms with E-state index in [0.29, 0.717) is 31.1 Å². The lowest BCUT2D eigenvalue weighted by Gasteiger charge is -2.16. The summed E-state index contributed by atoms with van der Waals surface area (Å²) in [5, 5.41) is 3.43. The van der Waals surface area contributed by atoms with Crippen molar-refractivity contribution in [3.8, 4) is 0 Å². The molecule has 1 amide bonds. The van der Waals surface area contributed by atoms with Crippen LogP contribution >= 0.6 is 27.3 Å². The molecule has 104 valence electrons. The van der Waals surface area contributed by atoms with Crippen molar-refractivity contribution in [2.45, 2.75) is 20.3 Å². The predicted molar refractivity (Wildman–Crippen MR) is 79.3 cm³/mol. The first-order valence-corrected chi connectivity index (χ1v) is 8.20. The van der Waals surface area contributed by atoms with Gasteiger partial charge in [-0.15, -0.1) is 11.3 Å². The summed E-state index contributed by atoms with van der Waals surface area (Å²) >= 11 is 4.85. The summed E-state index contributed by atoms with van der Waals surface area (Å²) < 4.78 is 5.08. The number of aryl methyl sites for hydroxylation is 1.